The minimum absolute atomic E-state index is 0.0319. The second-order valence-corrected chi connectivity index (χ2v) is 8.49. The molecule has 2 aromatic carbocycles. The van der Waals surface area contributed by atoms with Crippen molar-refractivity contribution in [2.75, 3.05) is 16.3 Å². The number of nitrogens with one attached hydrogen (secondary N) is 1. The lowest BCUT2D eigenvalue weighted by Gasteiger charge is -2.24. The minimum atomic E-state index is -4.87. The van der Waals surface area contributed by atoms with E-state index in [2.05, 4.69) is 9.71 Å². The molecule has 1 aliphatic heterocycles. The lowest BCUT2D eigenvalue weighted by atomic mass is 10.2. The lowest BCUT2D eigenvalue weighted by Crippen LogP contribution is -2.42. The summed E-state index contributed by atoms with van der Waals surface area (Å²) in [5, 5.41) is 11.8. The van der Waals surface area contributed by atoms with Crippen LogP contribution in [-0.4, -0.2) is 20.0 Å². The van der Waals surface area contributed by atoms with Gasteiger partial charge in [-0.05, 0) is 42.5 Å². The van der Waals surface area contributed by atoms with Crippen LogP contribution in [0.5, 0.6) is 0 Å². The van der Waals surface area contributed by atoms with Crippen molar-refractivity contribution < 1.29 is 30.9 Å². The lowest BCUT2D eigenvalue weighted by molar-refractivity contribution is -0.388. The third kappa shape index (κ3) is 4.19. The van der Waals surface area contributed by atoms with Crippen molar-refractivity contribution in [1.82, 2.24) is 0 Å². The number of halogens is 3. The van der Waals surface area contributed by atoms with Gasteiger partial charge in [-0.2, -0.15) is 13.2 Å². The maximum Gasteiger partial charge on any atom is 0.416 e. The molecular weight excluding hydrogens is 467 g/mol. The van der Waals surface area contributed by atoms with Gasteiger partial charge in [-0.25, -0.2) is 13.4 Å². The van der Waals surface area contributed by atoms with Crippen LogP contribution in [0.4, 0.5) is 30.2 Å². The van der Waals surface area contributed by atoms with Gasteiger partial charge in [0, 0.05) is 17.4 Å². The Kier molecular flexibility index (Phi) is 5.24. The van der Waals surface area contributed by atoms with E-state index in [-0.39, 0.29) is 18.4 Å². The molecule has 33 heavy (non-hydrogen) atoms. The number of furan rings is 1. The molecule has 2 heterocycles. The van der Waals surface area contributed by atoms with Gasteiger partial charge in [0.2, 0.25) is 5.55 Å². The van der Waals surface area contributed by atoms with E-state index in [0.717, 1.165) is 0 Å². The van der Waals surface area contributed by atoms with Gasteiger partial charge in [0.05, 0.1) is 22.0 Å². The van der Waals surface area contributed by atoms with Gasteiger partial charge in [-0.1, -0.05) is 0 Å². The summed E-state index contributed by atoms with van der Waals surface area (Å²) in [6.45, 7) is 0.162. The molecule has 0 spiro atoms. The molecule has 0 aliphatic carbocycles. The highest BCUT2D eigenvalue weighted by Crippen LogP contribution is 2.35. The van der Waals surface area contributed by atoms with E-state index in [1.54, 1.807) is 11.0 Å². The third-order valence-corrected chi connectivity index (χ3v) is 6.20. The number of nitro groups is 1. The summed E-state index contributed by atoms with van der Waals surface area (Å²) in [7, 11) is -4.57. The number of sulfonamides is 1. The van der Waals surface area contributed by atoms with E-state index >= 15 is 0 Å². The van der Waals surface area contributed by atoms with E-state index in [0.29, 0.717) is 34.4 Å². The van der Waals surface area contributed by atoms with Crippen LogP contribution >= 0.6 is 0 Å². The Bertz CT molecular complexity index is 1470. The van der Waals surface area contributed by atoms with Crippen molar-refractivity contribution >= 4 is 32.9 Å². The fourth-order valence-corrected chi connectivity index (χ4v) is 4.39. The zero-order valence-corrected chi connectivity index (χ0v) is 17.2. The van der Waals surface area contributed by atoms with Crippen LogP contribution < -0.4 is 26.1 Å². The van der Waals surface area contributed by atoms with Gasteiger partial charge in [-0.15, -0.1) is 0 Å². The van der Waals surface area contributed by atoms with Crippen LogP contribution in [-0.2, 0) is 16.2 Å². The Morgan fingerprint density at radius 2 is 1.85 bits per heavy atom. The first-order valence-electron chi connectivity index (χ1n) is 9.11. The topological polar surface area (TPSA) is 144 Å². The van der Waals surface area contributed by atoms with Crippen LogP contribution in [0.3, 0.4) is 0 Å². The van der Waals surface area contributed by atoms with Crippen molar-refractivity contribution in [1.29, 1.82) is 0 Å². The second-order valence-electron chi connectivity index (χ2n) is 6.84. The molecule has 0 fully saturated rings. The van der Waals surface area contributed by atoms with E-state index in [1.165, 1.54) is 30.5 Å². The molecule has 1 aliphatic rings. The van der Waals surface area contributed by atoms with Gasteiger partial charge < -0.3 is 15.1 Å². The number of nitro benzene ring substituents is 1. The predicted octanol–water partition coefficient (Wildman–Crippen LogP) is 2.13. The highest BCUT2D eigenvalue weighted by atomic mass is 32.2. The average molecular weight is 481 g/mol. The second kappa shape index (κ2) is 7.81. The van der Waals surface area contributed by atoms with Gasteiger partial charge in [0.1, 0.15) is 12.5 Å². The number of fused-ring (bicyclic) bond motifs is 1. The molecule has 1 aromatic heterocycles. The Hall–Kier alpha value is -4.07. The van der Waals surface area contributed by atoms with Gasteiger partial charge in [0.15, 0.2) is 4.90 Å². The number of anilines is 2. The van der Waals surface area contributed by atoms with E-state index in [1.807, 2.05) is 0 Å². The molecule has 0 atom stereocenters. The van der Waals surface area contributed by atoms with Crippen molar-refractivity contribution in [3.05, 3.63) is 81.2 Å². The summed E-state index contributed by atoms with van der Waals surface area (Å²) in [4.78, 5) is 15.0. The van der Waals surface area contributed by atoms with Gasteiger partial charge in [-0.3, -0.25) is 14.8 Å². The molecule has 0 unspecified atom stereocenters. The maximum atomic E-state index is 12.9. The summed E-state index contributed by atoms with van der Waals surface area (Å²) >= 11 is 0. The normalized spacial score (nSPS) is 13.9. The smallest absolute Gasteiger partial charge is 0.416 e. The SMILES string of the molecule is NC1=c2ccoc2=NCN1c1ccc(NS(=O)(=O)c2ccc(C(F)(F)F)cc2[N+](=O)[O-])cc1. The van der Waals surface area contributed by atoms with Crippen LogP contribution in [0.1, 0.15) is 5.56 Å². The highest BCUT2D eigenvalue weighted by Gasteiger charge is 2.35. The van der Waals surface area contributed by atoms with Crippen molar-refractivity contribution in [3.8, 4) is 0 Å². The van der Waals surface area contributed by atoms with Crippen LogP contribution in [0.25, 0.3) is 5.82 Å². The standard InChI is InChI=1S/C19H14F3N5O5S/c20-19(21,22)11-1-6-16(15(9-11)27(28)29)33(30,31)25-12-2-4-13(5-3-12)26-10-24-18-14(17(26)23)7-8-32-18/h1-9,25H,10,23H2. The Morgan fingerprint density at radius 1 is 1.15 bits per heavy atom. The molecule has 0 radical (unpaired) electrons. The summed E-state index contributed by atoms with van der Waals surface area (Å²) in [5.74, 6) is 0.377. The maximum absolute atomic E-state index is 12.9. The van der Waals surface area contributed by atoms with Crippen LogP contribution in [0.2, 0.25) is 0 Å². The third-order valence-electron chi connectivity index (χ3n) is 4.77. The number of nitrogens with two attached hydrogens (primary N) is 1. The molecule has 0 saturated carbocycles. The molecule has 14 heteroatoms. The number of hydrogen-bond donors (Lipinski definition) is 2. The van der Waals surface area contributed by atoms with E-state index in [4.69, 9.17) is 10.2 Å². The summed E-state index contributed by atoms with van der Waals surface area (Å²) in [5.41, 5.74) is 4.61. The highest BCUT2D eigenvalue weighted by molar-refractivity contribution is 7.92. The monoisotopic (exact) mass is 481 g/mol. The molecule has 0 saturated heterocycles. The molecule has 172 valence electrons. The molecule has 10 nitrogen and oxygen atoms in total. The first-order valence-corrected chi connectivity index (χ1v) is 10.6. The van der Waals surface area contributed by atoms with Crippen molar-refractivity contribution in [2.45, 2.75) is 11.1 Å². The molecular formula is C19H14F3N5O5S. The number of hydrogen-bond acceptors (Lipinski definition) is 8. The number of nitrogens with zero attached hydrogens (tertiary/aromatic N) is 3. The van der Waals surface area contributed by atoms with Gasteiger partial charge >= 0.3 is 6.18 Å². The minimum Gasteiger partial charge on any atom is -0.446 e. The number of alkyl halides is 3. The van der Waals surface area contributed by atoms with Gasteiger partial charge in [0.25, 0.3) is 15.7 Å². The summed E-state index contributed by atoms with van der Waals surface area (Å²) in [6.07, 6.45) is -3.42. The van der Waals surface area contributed by atoms with Crippen molar-refractivity contribution in [3.63, 3.8) is 0 Å². The van der Waals surface area contributed by atoms with Crippen LogP contribution in [0.15, 0.2) is 69.1 Å². The molecule has 3 aromatic rings. The summed E-state index contributed by atoms with van der Waals surface area (Å²) in [6, 6.07) is 8.67. The van der Waals surface area contributed by atoms with E-state index < -0.39 is 37.3 Å². The first kappa shape index (κ1) is 22.1. The van der Waals surface area contributed by atoms with E-state index in [9.17, 15) is 31.7 Å². The zero-order chi connectivity index (χ0) is 24.0. The Balaban J connectivity index is 1.61. The number of rotatable bonds is 5. The predicted molar refractivity (Wildman–Crippen MR) is 110 cm³/mol. The Morgan fingerprint density at radius 3 is 2.48 bits per heavy atom. The first-order chi connectivity index (χ1) is 15.5. The number of benzene rings is 2. The van der Waals surface area contributed by atoms with Crippen LogP contribution in [0, 0.1) is 10.1 Å². The fraction of sp³-hybridized carbons (Fsp3) is 0.105. The zero-order valence-electron chi connectivity index (χ0n) is 16.4. The fourth-order valence-electron chi connectivity index (χ4n) is 3.18. The molecule has 0 bridgehead atoms. The van der Waals surface area contributed by atoms with Crippen molar-refractivity contribution in [2.24, 2.45) is 10.7 Å². The summed E-state index contributed by atoms with van der Waals surface area (Å²) < 4.78 is 71.3. The molecule has 0 amide bonds. The Labute approximate surface area is 183 Å². The average Bonchev–Trinajstić information content (AvgIpc) is 3.23. The quantitative estimate of drug-likeness (QED) is 0.420. The largest absolute Gasteiger partial charge is 0.446 e. The molecule has 3 N–H and O–H groups in total. The molecule has 4 rings (SSSR count).